The Morgan fingerprint density at radius 2 is 1.51 bits per heavy atom. The maximum Gasteiger partial charge on any atom is 0.310 e. The molecule has 1 fully saturated rings. The maximum absolute atomic E-state index is 14.2. The van der Waals surface area contributed by atoms with Crippen molar-refractivity contribution in [1.82, 2.24) is 0 Å². The van der Waals surface area contributed by atoms with Gasteiger partial charge in [0.05, 0.1) is 7.11 Å². The average Bonchev–Trinajstić information content (AvgIpc) is 2.89. The predicted octanol–water partition coefficient (Wildman–Crippen LogP) is 12.1. The molecule has 3 nitrogen and oxygen atoms in total. The third-order valence-electron chi connectivity index (χ3n) is 7.98. The molecule has 0 heterocycles. The molecule has 1 unspecified atom stereocenters. The highest BCUT2D eigenvalue weighted by molar-refractivity contribution is 5.84. The van der Waals surface area contributed by atoms with Crippen molar-refractivity contribution in [2.45, 2.75) is 141 Å². The number of anilines is 1. The lowest BCUT2D eigenvalue weighted by Crippen LogP contribution is -2.52. The van der Waals surface area contributed by atoms with E-state index in [0.29, 0.717) is 12.8 Å². The molecular formula is C38H67F2NO2. The van der Waals surface area contributed by atoms with Gasteiger partial charge in [-0.1, -0.05) is 106 Å². The van der Waals surface area contributed by atoms with E-state index in [-0.39, 0.29) is 10.8 Å². The van der Waals surface area contributed by atoms with Gasteiger partial charge in [-0.05, 0) is 86.5 Å². The minimum absolute atomic E-state index is 0.143. The van der Waals surface area contributed by atoms with Gasteiger partial charge in [-0.25, -0.2) is 0 Å². The van der Waals surface area contributed by atoms with Crippen LogP contribution < -0.4 is 10.1 Å². The van der Waals surface area contributed by atoms with Crippen molar-refractivity contribution >= 4 is 11.5 Å². The van der Waals surface area contributed by atoms with E-state index in [2.05, 4.69) is 52.2 Å². The number of rotatable bonds is 11. The predicted molar refractivity (Wildman–Crippen MR) is 186 cm³/mol. The number of ether oxygens (including phenoxy) is 1. The monoisotopic (exact) mass is 608 g/mol. The Bertz CT molecular complexity index is 978. The van der Waals surface area contributed by atoms with E-state index < -0.39 is 17.1 Å². The zero-order valence-electron chi connectivity index (χ0n) is 30.5. The number of carbonyl (C=O) groups is 1. The average molecular weight is 608 g/mol. The number of aryl methyl sites for hydroxylation is 1. The standard InChI is InChI=1S/C14H24F2O.C13H19NO.C9H18.C2H6/c1-10(17)14(15,16)13(6)8-11(2,3)7-12(4,5)9-13;1-5-11-8-12(14-9-10(2)3)6-7-13(11)15-4;1-5-6-7-9(4)8(2)3;1-2/h7-9H2,1-6H3;6-8,14H,2,5,9H2,1,3-4H3;9H,2,5-7H2,1,3-4H3;1-2H3. The maximum atomic E-state index is 14.2. The summed E-state index contributed by atoms with van der Waals surface area (Å²) in [5.74, 6) is -2.54. The van der Waals surface area contributed by atoms with Crippen molar-refractivity contribution in [3.8, 4) is 5.75 Å². The second-order valence-corrected chi connectivity index (χ2v) is 14.1. The summed E-state index contributed by atoms with van der Waals surface area (Å²) in [6, 6.07) is 6.16. The van der Waals surface area contributed by atoms with Gasteiger partial charge in [0.2, 0.25) is 0 Å². The number of unbranched alkanes of at least 4 members (excludes halogenated alkanes) is 1. The van der Waals surface area contributed by atoms with E-state index in [1.807, 2.05) is 60.6 Å². The first kappa shape index (κ1) is 43.0. The highest BCUT2D eigenvalue weighted by Gasteiger charge is 2.59. The Balaban J connectivity index is 0. The summed E-state index contributed by atoms with van der Waals surface area (Å²) in [5, 5.41) is 3.32. The Labute approximate surface area is 265 Å². The SMILES string of the molecule is C=C(C)C(C)CCCC.C=C(C)CNc1ccc(OC)c(CC)c1.CC.CC(=O)C(F)(F)C1(C)CC(C)(C)CC(C)(C)C1. The fourth-order valence-electron chi connectivity index (χ4n) is 6.42. The Kier molecular flexibility index (Phi) is 19.2. The molecule has 5 heteroatoms. The highest BCUT2D eigenvalue weighted by atomic mass is 19.3. The lowest BCUT2D eigenvalue weighted by molar-refractivity contribution is -0.182. The van der Waals surface area contributed by atoms with Crippen molar-refractivity contribution in [2.24, 2.45) is 22.2 Å². The van der Waals surface area contributed by atoms with Crippen LogP contribution in [0.25, 0.3) is 0 Å². The van der Waals surface area contributed by atoms with Gasteiger partial charge in [0.1, 0.15) is 5.75 Å². The number of hydrogen-bond acceptors (Lipinski definition) is 3. The molecule has 250 valence electrons. The van der Waals surface area contributed by atoms with E-state index in [9.17, 15) is 13.6 Å². The fraction of sp³-hybridized carbons (Fsp3) is 0.711. The third-order valence-corrected chi connectivity index (χ3v) is 7.98. The van der Waals surface area contributed by atoms with Crippen molar-refractivity contribution in [3.63, 3.8) is 0 Å². The van der Waals surface area contributed by atoms with Crippen LogP contribution in [0.3, 0.4) is 0 Å². The number of carbonyl (C=O) groups excluding carboxylic acids is 1. The van der Waals surface area contributed by atoms with Crippen molar-refractivity contribution < 1.29 is 18.3 Å². The minimum atomic E-state index is -3.22. The van der Waals surface area contributed by atoms with Crippen LogP contribution in [0.5, 0.6) is 5.75 Å². The van der Waals surface area contributed by atoms with Crippen LogP contribution in [-0.4, -0.2) is 25.4 Å². The summed E-state index contributed by atoms with van der Waals surface area (Å²) >= 11 is 0. The van der Waals surface area contributed by atoms with Crippen molar-refractivity contribution in [1.29, 1.82) is 0 Å². The van der Waals surface area contributed by atoms with Gasteiger partial charge >= 0.3 is 5.92 Å². The van der Waals surface area contributed by atoms with Crippen LogP contribution in [0, 0.1) is 22.2 Å². The zero-order chi connectivity index (χ0) is 34.2. The number of benzene rings is 1. The molecule has 1 aliphatic rings. The van der Waals surface area contributed by atoms with E-state index in [0.717, 1.165) is 49.2 Å². The first-order valence-corrected chi connectivity index (χ1v) is 16.3. The number of Topliss-reactive ketones (excluding diaryl/α,β-unsaturated/α-hetero) is 1. The molecule has 0 spiro atoms. The van der Waals surface area contributed by atoms with Gasteiger partial charge in [0, 0.05) is 24.6 Å². The zero-order valence-corrected chi connectivity index (χ0v) is 30.5. The quantitative estimate of drug-likeness (QED) is 0.254. The molecule has 0 amide bonds. The number of alkyl halides is 2. The van der Waals surface area contributed by atoms with Gasteiger partial charge < -0.3 is 10.1 Å². The smallest absolute Gasteiger partial charge is 0.310 e. The molecule has 43 heavy (non-hydrogen) atoms. The van der Waals surface area contributed by atoms with E-state index in [4.69, 9.17) is 4.74 Å². The molecule has 1 N–H and O–H groups in total. The summed E-state index contributed by atoms with van der Waals surface area (Å²) in [7, 11) is 1.70. The van der Waals surface area contributed by atoms with Crippen LogP contribution >= 0.6 is 0 Å². The van der Waals surface area contributed by atoms with Gasteiger partial charge in [0.25, 0.3) is 0 Å². The van der Waals surface area contributed by atoms with Crippen LogP contribution in [-0.2, 0) is 11.2 Å². The highest BCUT2D eigenvalue weighted by Crippen LogP contribution is 2.59. The molecule has 0 saturated heterocycles. The molecule has 0 radical (unpaired) electrons. The Morgan fingerprint density at radius 3 is 1.88 bits per heavy atom. The molecule has 0 bridgehead atoms. The van der Waals surface area contributed by atoms with Crippen molar-refractivity contribution in [3.05, 3.63) is 48.1 Å². The van der Waals surface area contributed by atoms with E-state index in [1.54, 1.807) is 14.0 Å². The number of ketones is 1. The first-order chi connectivity index (χ1) is 19.7. The van der Waals surface area contributed by atoms with Gasteiger partial charge in [-0.3, -0.25) is 4.79 Å². The number of allylic oxidation sites excluding steroid dienone is 1. The van der Waals surface area contributed by atoms with Gasteiger partial charge in [-0.15, -0.1) is 0 Å². The summed E-state index contributed by atoms with van der Waals surface area (Å²) < 4.78 is 33.6. The molecule has 0 aliphatic heterocycles. The second-order valence-electron chi connectivity index (χ2n) is 14.1. The summed E-state index contributed by atoms with van der Waals surface area (Å²) in [6.07, 6.45) is 6.65. The summed E-state index contributed by atoms with van der Waals surface area (Å²) in [4.78, 5) is 11.2. The number of hydrogen-bond donors (Lipinski definition) is 1. The molecule has 2 rings (SSSR count). The van der Waals surface area contributed by atoms with Crippen LogP contribution in [0.1, 0.15) is 134 Å². The summed E-state index contributed by atoms with van der Waals surface area (Å²) in [5.41, 5.74) is 3.29. The normalized spacial score (nSPS) is 16.8. The third kappa shape index (κ3) is 15.4. The van der Waals surface area contributed by atoms with Crippen molar-refractivity contribution in [2.75, 3.05) is 19.0 Å². The first-order valence-electron chi connectivity index (χ1n) is 16.3. The lowest BCUT2D eigenvalue weighted by Gasteiger charge is -2.52. The van der Waals surface area contributed by atoms with Crippen LogP contribution in [0.4, 0.5) is 14.5 Å². The topological polar surface area (TPSA) is 38.3 Å². The largest absolute Gasteiger partial charge is 0.496 e. The van der Waals surface area contributed by atoms with Crippen LogP contribution in [0.15, 0.2) is 42.5 Å². The van der Waals surface area contributed by atoms with E-state index >= 15 is 0 Å². The number of halogens is 2. The second kappa shape index (κ2) is 19.3. The van der Waals surface area contributed by atoms with E-state index in [1.165, 1.54) is 30.4 Å². The Morgan fingerprint density at radius 1 is 1.00 bits per heavy atom. The molecule has 1 atom stereocenters. The Hall–Kier alpha value is -2.17. The number of nitrogens with one attached hydrogen (secondary N) is 1. The van der Waals surface area contributed by atoms with Gasteiger partial charge in [0.15, 0.2) is 5.78 Å². The summed E-state index contributed by atoms with van der Waals surface area (Å²) in [6.45, 7) is 33.9. The molecule has 1 aromatic rings. The van der Waals surface area contributed by atoms with Crippen LogP contribution in [0.2, 0.25) is 0 Å². The minimum Gasteiger partial charge on any atom is -0.496 e. The van der Waals surface area contributed by atoms with Gasteiger partial charge in [-0.2, -0.15) is 8.78 Å². The molecule has 0 aromatic heterocycles. The fourth-order valence-corrected chi connectivity index (χ4v) is 6.42. The molecule has 1 aromatic carbocycles. The lowest BCUT2D eigenvalue weighted by atomic mass is 9.53. The number of methoxy groups -OCH3 is 1. The molecule has 1 saturated carbocycles. The molecular weight excluding hydrogens is 540 g/mol. The molecule has 1 aliphatic carbocycles.